The summed E-state index contributed by atoms with van der Waals surface area (Å²) in [6, 6.07) is 12.8. The van der Waals surface area contributed by atoms with E-state index in [-0.39, 0.29) is 23.8 Å². The second kappa shape index (κ2) is 8.95. The van der Waals surface area contributed by atoms with E-state index < -0.39 is 5.91 Å². The van der Waals surface area contributed by atoms with Crippen LogP contribution in [0, 0.1) is 0 Å². The monoisotopic (exact) mass is 426 g/mol. The molecule has 2 aromatic carbocycles. The van der Waals surface area contributed by atoms with Crippen LogP contribution in [0.3, 0.4) is 0 Å². The minimum Gasteiger partial charge on any atom is -0.375 e. The SMILES string of the molecule is Cn1nc(C(=O)NCc2ccc(Cl)cc2)c(=O)c2cc(CC3CNCCO3)ccc21. The summed E-state index contributed by atoms with van der Waals surface area (Å²) in [7, 11) is 1.73. The third kappa shape index (κ3) is 4.53. The second-order valence-corrected chi connectivity index (χ2v) is 7.80. The molecule has 1 aromatic heterocycles. The number of ether oxygens (including phenoxy) is 1. The van der Waals surface area contributed by atoms with Crippen molar-refractivity contribution in [3.8, 4) is 0 Å². The number of rotatable bonds is 5. The molecule has 0 spiro atoms. The number of hydrogen-bond acceptors (Lipinski definition) is 5. The molecule has 1 fully saturated rings. The third-order valence-electron chi connectivity index (χ3n) is 5.17. The molecular weight excluding hydrogens is 404 g/mol. The first kappa shape index (κ1) is 20.5. The Labute approximate surface area is 179 Å². The van der Waals surface area contributed by atoms with E-state index >= 15 is 0 Å². The van der Waals surface area contributed by atoms with Crippen LogP contribution in [0.25, 0.3) is 10.9 Å². The number of amides is 1. The number of aromatic nitrogens is 2. The number of benzene rings is 2. The van der Waals surface area contributed by atoms with Gasteiger partial charge in [0, 0.05) is 31.7 Å². The molecule has 2 N–H and O–H groups in total. The van der Waals surface area contributed by atoms with Gasteiger partial charge >= 0.3 is 0 Å². The fourth-order valence-corrected chi connectivity index (χ4v) is 3.71. The van der Waals surface area contributed by atoms with E-state index in [1.54, 1.807) is 23.9 Å². The van der Waals surface area contributed by atoms with Crippen LogP contribution in [-0.2, 0) is 24.8 Å². The van der Waals surface area contributed by atoms with Gasteiger partial charge in [-0.25, -0.2) is 0 Å². The van der Waals surface area contributed by atoms with Crippen molar-refractivity contribution in [1.82, 2.24) is 20.4 Å². The molecule has 30 heavy (non-hydrogen) atoms. The number of halogens is 1. The zero-order valence-corrected chi connectivity index (χ0v) is 17.4. The summed E-state index contributed by atoms with van der Waals surface area (Å²) < 4.78 is 7.33. The summed E-state index contributed by atoms with van der Waals surface area (Å²) in [5.74, 6) is -0.502. The van der Waals surface area contributed by atoms with Gasteiger partial charge in [-0.3, -0.25) is 14.3 Å². The topological polar surface area (TPSA) is 85.2 Å². The number of nitrogens with zero attached hydrogens (tertiary/aromatic N) is 2. The average molecular weight is 427 g/mol. The molecule has 156 valence electrons. The normalized spacial score (nSPS) is 16.5. The fraction of sp³-hybridized carbons (Fsp3) is 0.318. The molecular formula is C22H23ClN4O3. The first-order chi connectivity index (χ1) is 14.5. The van der Waals surface area contributed by atoms with Gasteiger partial charge in [-0.2, -0.15) is 5.10 Å². The van der Waals surface area contributed by atoms with Gasteiger partial charge in [0.15, 0.2) is 5.69 Å². The summed E-state index contributed by atoms with van der Waals surface area (Å²) in [4.78, 5) is 25.7. The predicted molar refractivity (Wildman–Crippen MR) is 116 cm³/mol. The van der Waals surface area contributed by atoms with Crippen LogP contribution < -0.4 is 16.1 Å². The van der Waals surface area contributed by atoms with Crippen molar-refractivity contribution in [2.45, 2.75) is 19.1 Å². The van der Waals surface area contributed by atoms with Gasteiger partial charge in [0.25, 0.3) is 5.91 Å². The van der Waals surface area contributed by atoms with Gasteiger partial charge in [0.2, 0.25) is 5.43 Å². The van der Waals surface area contributed by atoms with Crippen LogP contribution >= 0.6 is 11.6 Å². The van der Waals surface area contributed by atoms with Crippen molar-refractivity contribution in [3.63, 3.8) is 0 Å². The number of fused-ring (bicyclic) bond motifs is 1. The van der Waals surface area contributed by atoms with Gasteiger partial charge in [-0.1, -0.05) is 29.8 Å². The first-order valence-corrected chi connectivity index (χ1v) is 10.2. The predicted octanol–water partition coefficient (Wildman–Crippen LogP) is 2.05. The van der Waals surface area contributed by atoms with E-state index in [0.29, 0.717) is 29.0 Å². The summed E-state index contributed by atoms with van der Waals surface area (Å²) in [5.41, 5.74) is 2.06. The van der Waals surface area contributed by atoms with Gasteiger partial charge in [0.1, 0.15) is 0 Å². The Kier molecular flexibility index (Phi) is 6.13. The lowest BCUT2D eigenvalue weighted by molar-refractivity contribution is 0.0292. The van der Waals surface area contributed by atoms with Gasteiger partial charge < -0.3 is 15.4 Å². The van der Waals surface area contributed by atoms with Crippen LogP contribution in [0.5, 0.6) is 0 Å². The van der Waals surface area contributed by atoms with E-state index in [9.17, 15) is 9.59 Å². The zero-order chi connectivity index (χ0) is 21.1. The van der Waals surface area contributed by atoms with E-state index in [0.717, 1.165) is 24.2 Å². The van der Waals surface area contributed by atoms with Crippen LogP contribution in [0.1, 0.15) is 21.6 Å². The highest BCUT2D eigenvalue weighted by Crippen LogP contribution is 2.15. The van der Waals surface area contributed by atoms with Crippen molar-refractivity contribution in [2.75, 3.05) is 19.7 Å². The number of aryl methyl sites for hydroxylation is 1. The van der Waals surface area contributed by atoms with Crippen molar-refractivity contribution in [1.29, 1.82) is 0 Å². The van der Waals surface area contributed by atoms with Gasteiger partial charge in [0.05, 0.1) is 23.6 Å². The Morgan fingerprint density at radius 3 is 2.77 bits per heavy atom. The van der Waals surface area contributed by atoms with E-state index in [1.165, 1.54) is 0 Å². The molecule has 8 heteroatoms. The molecule has 2 heterocycles. The molecule has 0 bridgehead atoms. The van der Waals surface area contributed by atoms with Crippen LogP contribution in [0.4, 0.5) is 0 Å². The molecule has 0 aliphatic carbocycles. The number of carbonyl (C=O) groups excluding carboxylic acids is 1. The Morgan fingerprint density at radius 2 is 2.03 bits per heavy atom. The molecule has 7 nitrogen and oxygen atoms in total. The summed E-state index contributed by atoms with van der Waals surface area (Å²) in [6.45, 7) is 2.60. The fourth-order valence-electron chi connectivity index (χ4n) is 3.58. The summed E-state index contributed by atoms with van der Waals surface area (Å²) in [6.07, 6.45) is 0.774. The molecule has 1 saturated heterocycles. The minimum atomic E-state index is -0.502. The van der Waals surface area contributed by atoms with Crippen molar-refractivity contribution >= 4 is 28.4 Å². The molecule has 1 atom stereocenters. The highest BCUT2D eigenvalue weighted by atomic mass is 35.5. The Balaban J connectivity index is 1.58. The van der Waals surface area contributed by atoms with E-state index in [4.69, 9.17) is 16.3 Å². The maximum absolute atomic E-state index is 13.0. The quantitative estimate of drug-likeness (QED) is 0.652. The minimum absolute atomic E-state index is 0.0732. The lowest BCUT2D eigenvalue weighted by Gasteiger charge is -2.23. The van der Waals surface area contributed by atoms with Crippen molar-refractivity contribution in [2.24, 2.45) is 7.05 Å². The maximum Gasteiger partial charge on any atom is 0.276 e. The lowest BCUT2D eigenvalue weighted by atomic mass is 10.0. The Bertz CT molecular complexity index is 1120. The number of hydrogen-bond donors (Lipinski definition) is 2. The molecule has 1 aliphatic heterocycles. The zero-order valence-electron chi connectivity index (χ0n) is 16.7. The Hall–Kier alpha value is -2.74. The molecule has 0 radical (unpaired) electrons. The van der Waals surface area contributed by atoms with Crippen molar-refractivity contribution < 1.29 is 9.53 Å². The molecule has 1 unspecified atom stereocenters. The highest BCUT2D eigenvalue weighted by molar-refractivity contribution is 6.30. The summed E-state index contributed by atoms with van der Waals surface area (Å²) >= 11 is 5.89. The largest absolute Gasteiger partial charge is 0.375 e. The van der Waals surface area contributed by atoms with Crippen LogP contribution in [-0.4, -0.2) is 41.5 Å². The smallest absolute Gasteiger partial charge is 0.276 e. The molecule has 0 saturated carbocycles. The van der Waals surface area contributed by atoms with Crippen LogP contribution in [0.15, 0.2) is 47.3 Å². The van der Waals surface area contributed by atoms with Crippen molar-refractivity contribution in [3.05, 3.63) is 74.5 Å². The second-order valence-electron chi connectivity index (χ2n) is 7.36. The van der Waals surface area contributed by atoms with Gasteiger partial charge in [-0.15, -0.1) is 0 Å². The standard InChI is InChI=1S/C22H23ClN4O3/c1-27-19-7-4-15(10-17-13-24-8-9-30-17)11-18(19)21(28)20(26-27)22(29)25-12-14-2-5-16(23)6-3-14/h2-7,11,17,24H,8-10,12-13H2,1H3,(H,25,29). The first-order valence-electron chi connectivity index (χ1n) is 9.86. The highest BCUT2D eigenvalue weighted by Gasteiger charge is 2.18. The lowest BCUT2D eigenvalue weighted by Crippen LogP contribution is -2.39. The van der Waals surface area contributed by atoms with E-state index in [1.807, 2.05) is 30.3 Å². The molecule has 1 aliphatic rings. The Morgan fingerprint density at radius 1 is 1.27 bits per heavy atom. The molecule has 1 amide bonds. The van der Waals surface area contributed by atoms with E-state index in [2.05, 4.69) is 15.7 Å². The number of nitrogens with one attached hydrogen (secondary N) is 2. The number of morpholine rings is 1. The maximum atomic E-state index is 13.0. The van der Waals surface area contributed by atoms with Crippen LogP contribution in [0.2, 0.25) is 5.02 Å². The number of carbonyl (C=O) groups is 1. The summed E-state index contributed by atoms with van der Waals surface area (Å²) in [5, 5.41) is 11.4. The molecule has 3 aromatic rings. The van der Waals surface area contributed by atoms with Gasteiger partial charge in [-0.05, 0) is 41.8 Å². The molecule has 4 rings (SSSR count). The third-order valence-corrected chi connectivity index (χ3v) is 5.42. The average Bonchev–Trinajstić information content (AvgIpc) is 2.76.